The summed E-state index contributed by atoms with van der Waals surface area (Å²) in [6.07, 6.45) is 3.53. The van der Waals surface area contributed by atoms with Crippen LogP contribution >= 0.6 is 0 Å². The molecule has 3 N–H and O–H groups in total. The maximum absolute atomic E-state index is 5.55. The Labute approximate surface area is 106 Å². The van der Waals surface area contributed by atoms with E-state index < -0.39 is 0 Å². The van der Waals surface area contributed by atoms with E-state index in [0.29, 0.717) is 6.04 Å². The second kappa shape index (κ2) is 8.86. The fourth-order valence-electron chi connectivity index (χ4n) is 2.51. The Bertz CT molecular complexity index is 190. The summed E-state index contributed by atoms with van der Waals surface area (Å²) in [6, 6.07) is 0.472. The average molecular weight is 243 g/mol. The molecule has 0 aromatic carbocycles. The predicted octanol–water partition coefficient (Wildman–Crippen LogP) is 0.672. The first-order valence-electron chi connectivity index (χ1n) is 6.94. The van der Waals surface area contributed by atoms with E-state index in [1.807, 2.05) is 0 Å². The van der Waals surface area contributed by atoms with Gasteiger partial charge in [0.1, 0.15) is 0 Å². The molecule has 0 amide bonds. The van der Waals surface area contributed by atoms with Crippen molar-refractivity contribution in [1.29, 1.82) is 0 Å². The van der Waals surface area contributed by atoms with Gasteiger partial charge in [0.2, 0.25) is 0 Å². The molecule has 0 spiro atoms. The molecule has 0 bridgehead atoms. The van der Waals surface area contributed by atoms with E-state index in [4.69, 9.17) is 10.5 Å². The first-order valence-corrected chi connectivity index (χ1v) is 6.94. The third kappa shape index (κ3) is 5.82. The van der Waals surface area contributed by atoms with Crippen LogP contribution in [0.3, 0.4) is 0 Å². The first-order chi connectivity index (χ1) is 8.30. The number of hydrogen-bond acceptors (Lipinski definition) is 4. The molecule has 102 valence electrons. The van der Waals surface area contributed by atoms with Crippen molar-refractivity contribution in [3.8, 4) is 0 Å². The molecule has 1 fully saturated rings. The van der Waals surface area contributed by atoms with Gasteiger partial charge in [-0.1, -0.05) is 6.92 Å². The molecular weight excluding hydrogens is 214 g/mol. The van der Waals surface area contributed by atoms with Crippen LogP contribution in [0.25, 0.3) is 0 Å². The monoisotopic (exact) mass is 243 g/mol. The summed E-state index contributed by atoms with van der Waals surface area (Å²) < 4.78 is 5.24. The molecule has 4 nitrogen and oxygen atoms in total. The van der Waals surface area contributed by atoms with Crippen molar-refractivity contribution in [1.82, 2.24) is 10.2 Å². The van der Waals surface area contributed by atoms with Crippen molar-refractivity contribution in [3.63, 3.8) is 0 Å². The molecular formula is C13H29N3O. The van der Waals surface area contributed by atoms with E-state index in [2.05, 4.69) is 17.1 Å². The largest absolute Gasteiger partial charge is 0.383 e. The van der Waals surface area contributed by atoms with E-state index in [1.165, 1.54) is 26.1 Å². The van der Waals surface area contributed by atoms with E-state index in [0.717, 1.165) is 38.5 Å². The van der Waals surface area contributed by atoms with Crippen molar-refractivity contribution in [2.45, 2.75) is 32.2 Å². The molecule has 2 atom stereocenters. The summed E-state index contributed by atoms with van der Waals surface area (Å²) in [7, 11) is 1.77. The van der Waals surface area contributed by atoms with E-state index in [9.17, 15) is 0 Å². The molecule has 0 aliphatic carbocycles. The Morgan fingerprint density at radius 2 is 2.35 bits per heavy atom. The zero-order valence-electron chi connectivity index (χ0n) is 11.5. The number of ether oxygens (including phenoxy) is 1. The molecule has 4 heteroatoms. The maximum Gasteiger partial charge on any atom is 0.0615 e. The molecule has 1 saturated heterocycles. The highest BCUT2D eigenvalue weighted by Gasteiger charge is 2.21. The van der Waals surface area contributed by atoms with Crippen molar-refractivity contribution in [2.24, 2.45) is 11.7 Å². The van der Waals surface area contributed by atoms with Gasteiger partial charge in [-0.15, -0.1) is 0 Å². The Morgan fingerprint density at radius 3 is 2.94 bits per heavy atom. The Morgan fingerprint density at radius 1 is 1.53 bits per heavy atom. The minimum absolute atomic E-state index is 0.472. The van der Waals surface area contributed by atoms with Gasteiger partial charge in [-0.05, 0) is 51.4 Å². The van der Waals surface area contributed by atoms with Gasteiger partial charge in [0.25, 0.3) is 0 Å². The molecule has 1 rings (SSSR count). The molecule has 1 aliphatic heterocycles. The lowest BCUT2D eigenvalue weighted by molar-refractivity contribution is 0.159. The van der Waals surface area contributed by atoms with Crippen LogP contribution in [0, 0.1) is 5.92 Å². The lowest BCUT2D eigenvalue weighted by atomic mass is 10.1. The summed E-state index contributed by atoms with van der Waals surface area (Å²) in [4.78, 5) is 2.53. The molecule has 0 saturated carbocycles. The fraction of sp³-hybridized carbons (Fsp3) is 1.00. The highest BCUT2D eigenvalue weighted by molar-refractivity contribution is 4.78. The summed E-state index contributed by atoms with van der Waals surface area (Å²) in [5.74, 6) is 0.812. The Balaban J connectivity index is 2.17. The summed E-state index contributed by atoms with van der Waals surface area (Å²) in [5.41, 5.74) is 5.55. The van der Waals surface area contributed by atoms with E-state index in [-0.39, 0.29) is 0 Å². The number of methoxy groups -OCH3 is 1. The summed E-state index contributed by atoms with van der Waals surface area (Å²) >= 11 is 0. The van der Waals surface area contributed by atoms with Crippen LogP contribution < -0.4 is 11.1 Å². The highest BCUT2D eigenvalue weighted by Crippen LogP contribution is 2.15. The number of nitrogens with one attached hydrogen (secondary N) is 1. The van der Waals surface area contributed by atoms with Gasteiger partial charge in [-0.3, -0.25) is 0 Å². The third-order valence-electron chi connectivity index (χ3n) is 3.64. The molecule has 1 aliphatic rings. The minimum Gasteiger partial charge on any atom is -0.383 e. The zero-order chi connectivity index (χ0) is 12.5. The van der Waals surface area contributed by atoms with Gasteiger partial charge in [0.15, 0.2) is 0 Å². The topological polar surface area (TPSA) is 50.5 Å². The van der Waals surface area contributed by atoms with Gasteiger partial charge in [0.05, 0.1) is 6.61 Å². The minimum atomic E-state index is 0.472. The molecule has 0 aromatic rings. The van der Waals surface area contributed by atoms with E-state index >= 15 is 0 Å². The fourth-order valence-corrected chi connectivity index (χ4v) is 2.51. The smallest absolute Gasteiger partial charge is 0.0615 e. The van der Waals surface area contributed by atoms with Crippen molar-refractivity contribution >= 4 is 0 Å². The average Bonchev–Trinajstić information content (AvgIpc) is 2.80. The van der Waals surface area contributed by atoms with Gasteiger partial charge >= 0.3 is 0 Å². The van der Waals surface area contributed by atoms with Crippen LogP contribution in [0.2, 0.25) is 0 Å². The number of likely N-dealkylation sites (tertiary alicyclic amines) is 1. The van der Waals surface area contributed by atoms with Crippen molar-refractivity contribution in [3.05, 3.63) is 0 Å². The molecule has 0 radical (unpaired) electrons. The molecule has 17 heavy (non-hydrogen) atoms. The lowest BCUT2D eigenvalue weighted by Crippen LogP contribution is -2.37. The predicted molar refractivity (Wildman–Crippen MR) is 72.2 cm³/mol. The third-order valence-corrected chi connectivity index (χ3v) is 3.64. The van der Waals surface area contributed by atoms with Crippen molar-refractivity contribution in [2.75, 3.05) is 46.4 Å². The lowest BCUT2D eigenvalue weighted by Gasteiger charge is -2.20. The number of hydrogen-bond donors (Lipinski definition) is 2. The number of nitrogens with zero attached hydrogens (tertiary/aromatic N) is 1. The van der Waals surface area contributed by atoms with Gasteiger partial charge in [-0.25, -0.2) is 0 Å². The standard InChI is InChI=1S/C13H29N3O/c1-3-16-8-6-12(10-16)9-15-13(11-17-2)5-4-7-14/h12-13,15H,3-11,14H2,1-2H3. The molecule has 2 unspecified atom stereocenters. The molecule has 1 heterocycles. The normalized spacial score (nSPS) is 23.1. The van der Waals surface area contributed by atoms with Gasteiger partial charge in [-0.2, -0.15) is 0 Å². The maximum atomic E-state index is 5.55. The van der Waals surface area contributed by atoms with Crippen molar-refractivity contribution < 1.29 is 4.74 Å². The molecule has 0 aromatic heterocycles. The summed E-state index contributed by atoms with van der Waals surface area (Å²) in [5, 5.41) is 3.63. The number of rotatable bonds is 9. The highest BCUT2D eigenvalue weighted by atomic mass is 16.5. The van der Waals surface area contributed by atoms with E-state index in [1.54, 1.807) is 7.11 Å². The van der Waals surface area contributed by atoms with Crippen LogP contribution in [0.15, 0.2) is 0 Å². The Kier molecular flexibility index (Phi) is 7.77. The SMILES string of the molecule is CCN1CCC(CNC(CCCN)COC)C1. The van der Waals surface area contributed by atoms with Crippen LogP contribution in [-0.2, 0) is 4.74 Å². The van der Waals surface area contributed by atoms with Gasteiger partial charge in [0, 0.05) is 19.7 Å². The first kappa shape index (κ1) is 14.9. The van der Waals surface area contributed by atoms with Gasteiger partial charge < -0.3 is 20.7 Å². The summed E-state index contributed by atoms with van der Waals surface area (Å²) in [6.45, 7) is 8.63. The van der Waals surface area contributed by atoms with Crippen LogP contribution in [0.1, 0.15) is 26.2 Å². The Hall–Kier alpha value is -0.160. The second-order valence-corrected chi connectivity index (χ2v) is 5.04. The second-order valence-electron chi connectivity index (χ2n) is 5.04. The zero-order valence-corrected chi connectivity index (χ0v) is 11.5. The quantitative estimate of drug-likeness (QED) is 0.625. The van der Waals surface area contributed by atoms with Crippen LogP contribution in [-0.4, -0.2) is 57.4 Å². The number of nitrogens with two attached hydrogens (primary N) is 1. The van der Waals surface area contributed by atoms with Crippen LogP contribution in [0.4, 0.5) is 0 Å². The van der Waals surface area contributed by atoms with Crippen LogP contribution in [0.5, 0.6) is 0 Å².